The second-order valence-corrected chi connectivity index (χ2v) is 6.96. The van der Waals surface area contributed by atoms with Crippen LogP contribution >= 0.6 is 11.8 Å². The van der Waals surface area contributed by atoms with E-state index in [-0.39, 0.29) is 22.4 Å². The highest BCUT2D eigenvalue weighted by Gasteiger charge is 2.24. The largest absolute Gasteiger partial charge is 0.507 e. The zero-order valence-corrected chi connectivity index (χ0v) is 15.6. The van der Waals surface area contributed by atoms with Crippen LogP contribution < -0.4 is 15.6 Å². The molecule has 1 fully saturated rings. The van der Waals surface area contributed by atoms with E-state index in [1.807, 2.05) is 43.3 Å². The van der Waals surface area contributed by atoms with E-state index < -0.39 is 5.91 Å². The quantitative estimate of drug-likeness (QED) is 0.558. The summed E-state index contributed by atoms with van der Waals surface area (Å²) in [7, 11) is 3.92. The summed E-state index contributed by atoms with van der Waals surface area (Å²) in [6.45, 7) is 0. The molecular weight excluding hydrogens is 364 g/mol. The van der Waals surface area contributed by atoms with Crippen molar-refractivity contribution < 1.29 is 14.7 Å². The number of nitrogens with one attached hydrogen (secondary N) is 2. The Balaban J connectivity index is 1.68. The van der Waals surface area contributed by atoms with Crippen LogP contribution in [0.1, 0.15) is 15.9 Å². The summed E-state index contributed by atoms with van der Waals surface area (Å²) in [6.07, 6.45) is 1.76. The molecule has 27 heavy (non-hydrogen) atoms. The normalized spacial score (nSPS) is 16.4. The summed E-state index contributed by atoms with van der Waals surface area (Å²) in [4.78, 5) is 26.6. The molecule has 3 rings (SSSR count). The highest BCUT2D eigenvalue weighted by atomic mass is 32.2. The number of nitrogens with zero attached hydrogens (tertiary/aromatic N) is 2. The number of rotatable bonds is 4. The van der Waals surface area contributed by atoms with Crippen LogP contribution in [0.15, 0.2) is 58.5 Å². The molecule has 3 N–H and O–H groups in total. The minimum Gasteiger partial charge on any atom is -0.507 e. The maximum atomic E-state index is 12.1. The van der Waals surface area contributed by atoms with E-state index in [1.54, 1.807) is 18.2 Å². The number of hydrogen-bond acceptors (Lipinski definition) is 6. The molecule has 7 nitrogen and oxygen atoms in total. The number of carbonyl (C=O) groups is 2. The van der Waals surface area contributed by atoms with Crippen molar-refractivity contribution in [2.45, 2.75) is 0 Å². The zero-order valence-electron chi connectivity index (χ0n) is 14.8. The molecule has 0 atom stereocenters. The molecule has 2 aromatic rings. The first-order valence-electron chi connectivity index (χ1n) is 8.08. The van der Waals surface area contributed by atoms with Crippen LogP contribution in [0.2, 0.25) is 0 Å². The maximum absolute atomic E-state index is 12.1. The third-order valence-electron chi connectivity index (χ3n) is 3.77. The van der Waals surface area contributed by atoms with E-state index in [9.17, 15) is 14.7 Å². The van der Waals surface area contributed by atoms with Crippen LogP contribution in [0.3, 0.4) is 0 Å². The second kappa shape index (κ2) is 7.96. The van der Waals surface area contributed by atoms with Crippen molar-refractivity contribution in [1.82, 2.24) is 10.7 Å². The van der Waals surface area contributed by atoms with Crippen molar-refractivity contribution in [2.75, 3.05) is 19.0 Å². The lowest BCUT2D eigenvalue weighted by molar-refractivity contribution is -0.115. The predicted molar refractivity (Wildman–Crippen MR) is 107 cm³/mol. The second-order valence-electron chi connectivity index (χ2n) is 5.93. The number of benzene rings is 2. The van der Waals surface area contributed by atoms with Crippen molar-refractivity contribution in [3.05, 3.63) is 64.6 Å². The SMILES string of the molecule is CN(C)c1ccc(/C=C2\S/C(=N/NC(=O)c3ccccc3O)NC2=O)cc1. The predicted octanol–water partition coefficient (Wildman–Crippen LogP) is 2.36. The molecular formula is C19H18N4O3S. The maximum Gasteiger partial charge on any atom is 0.275 e. The minimum atomic E-state index is -0.563. The van der Waals surface area contributed by atoms with Gasteiger partial charge in [-0.2, -0.15) is 0 Å². The monoisotopic (exact) mass is 382 g/mol. The number of carbonyl (C=O) groups excluding carboxylic acids is 2. The molecule has 1 aliphatic rings. The standard InChI is InChI=1S/C19H18N4O3S/c1-23(2)13-9-7-12(8-10-13)11-16-18(26)20-19(27-16)22-21-17(25)14-5-3-4-6-15(14)24/h3-11,24H,1-2H3,(H,21,25)(H,20,22,26)/b16-11-. The third kappa shape index (κ3) is 4.48. The third-order valence-corrected chi connectivity index (χ3v) is 4.68. The molecule has 0 saturated carbocycles. The van der Waals surface area contributed by atoms with E-state index >= 15 is 0 Å². The molecule has 2 amide bonds. The van der Waals surface area contributed by atoms with Crippen LogP contribution in [0, 0.1) is 0 Å². The molecule has 1 saturated heterocycles. The van der Waals surface area contributed by atoms with Gasteiger partial charge in [0.2, 0.25) is 0 Å². The Morgan fingerprint density at radius 1 is 1.19 bits per heavy atom. The Morgan fingerprint density at radius 3 is 2.56 bits per heavy atom. The Hall–Kier alpha value is -3.26. The van der Waals surface area contributed by atoms with Gasteiger partial charge in [-0.15, -0.1) is 5.10 Å². The van der Waals surface area contributed by atoms with Crippen molar-refractivity contribution in [3.63, 3.8) is 0 Å². The number of phenolic OH excluding ortho intramolecular Hbond substituents is 1. The topological polar surface area (TPSA) is 94.0 Å². The summed E-state index contributed by atoms with van der Waals surface area (Å²) in [5, 5.41) is 16.4. The number of amidine groups is 1. The number of hydrogen-bond donors (Lipinski definition) is 3. The average molecular weight is 382 g/mol. The minimum absolute atomic E-state index is 0.105. The number of aromatic hydroxyl groups is 1. The van der Waals surface area contributed by atoms with Gasteiger partial charge in [-0.3, -0.25) is 14.9 Å². The number of hydrazone groups is 1. The van der Waals surface area contributed by atoms with Crippen LogP contribution in [-0.4, -0.2) is 36.2 Å². The molecule has 1 heterocycles. The van der Waals surface area contributed by atoms with E-state index in [0.29, 0.717) is 4.91 Å². The lowest BCUT2D eigenvalue weighted by atomic mass is 10.2. The van der Waals surface area contributed by atoms with Crippen molar-refractivity contribution >= 4 is 40.5 Å². The molecule has 0 aromatic heterocycles. The van der Waals surface area contributed by atoms with Crippen molar-refractivity contribution in [2.24, 2.45) is 5.10 Å². The molecule has 2 aromatic carbocycles. The molecule has 0 bridgehead atoms. The van der Waals surface area contributed by atoms with E-state index in [0.717, 1.165) is 23.0 Å². The molecule has 8 heteroatoms. The fourth-order valence-electron chi connectivity index (χ4n) is 2.33. The van der Waals surface area contributed by atoms with Crippen LogP contribution in [0.5, 0.6) is 5.75 Å². The van der Waals surface area contributed by atoms with Gasteiger partial charge in [-0.05, 0) is 47.7 Å². The van der Waals surface area contributed by atoms with Gasteiger partial charge in [0, 0.05) is 19.8 Å². The Kier molecular flexibility index (Phi) is 5.46. The summed E-state index contributed by atoms with van der Waals surface area (Å²) in [5.41, 5.74) is 4.38. The summed E-state index contributed by atoms with van der Waals surface area (Å²) >= 11 is 1.13. The van der Waals surface area contributed by atoms with Crippen LogP contribution in [-0.2, 0) is 4.79 Å². The molecule has 0 aliphatic carbocycles. The highest BCUT2D eigenvalue weighted by Crippen LogP contribution is 2.26. The number of phenols is 1. The number of para-hydroxylation sites is 1. The Labute approximate surface area is 160 Å². The summed E-state index contributed by atoms with van der Waals surface area (Å²) in [5.74, 6) is -0.987. The summed E-state index contributed by atoms with van der Waals surface area (Å²) in [6, 6.07) is 13.9. The molecule has 138 valence electrons. The van der Waals surface area contributed by atoms with E-state index in [2.05, 4.69) is 15.8 Å². The molecule has 0 unspecified atom stereocenters. The number of amides is 2. The molecule has 0 radical (unpaired) electrons. The number of thioether (sulfide) groups is 1. The average Bonchev–Trinajstić information content (AvgIpc) is 3.00. The van der Waals surface area contributed by atoms with Gasteiger partial charge in [-0.1, -0.05) is 24.3 Å². The van der Waals surface area contributed by atoms with Crippen LogP contribution in [0.4, 0.5) is 5.69 Å². The van der Waals surface area contributed by atoms with Crippen molar-refractivity contribution in [3.8, 4) is 5.75 Å². The first-order chi connectivity index (χ1) is 12.9. The smallest absolute Gasteiger partial charge is 0.275 e. The zero-order chi connectivity index (χ0) is 19.4. The van der Waals surface area contributed by atoms with Crippen LogP contribution in [0.25, 0.3) is 6.08 Å². The van der Waals surface area contributed by atoms with E-state index in [1.165, 1.54) is 12.1 Å². The Bertz CT molecular complexity index is 936. The van der Waals surface area contributed by atoms with Gasteiger partial charge in [0.05, 0.1) is 10.5 Å². The van der Waals surface area contributed by atoms with Gasteiger partial charge < -0.3 is 10.0 Å². The first-order valence-corrected chi connectivity index (χ1v) is 8.90. The highest BCUT2D eigenvalue weighted by molar-refractivity contribution is 8.18. The lowest BCUT2D eigenvalue weighted by Gasteiger charge is -2.11. The molecule has 0 spiro atoms. The van der Waals surface area contributed by atoms with Gasteiger partial charge in [0.1, 0.15) is 5.75 Å². The van der Waals surface area contributed by atoms with Gasteiger partial charge in [0.25, 0.3) is 11.8 Å². The number of anilines is 1. The Morgan fingerprint density at radius 2 is 1.89 bits per heavy atom. The fraction of sp³-hybridized carbons (Fsp3) is 0.105. The van der Waals surface area contributed by atoms with Gasteiger partial charge in [0.15, 0.2) is 5.17 Å². The van der Waals surface area contributed by atoms with Crippen molar-refractivity contribution in [1.29, 1.82) is 0 Å². The van der Waals surface area contributed by atoms with Gasteiger partial charge in [-0.25, -0.2) is 5.43 Å². The van der Waals surface area contributed by atoms with Gasteiger partial charge >= 0.3 is 0 Å². The fourth-order valence-corrected chi connectivity index (χ4v) is 3.11. The first kappa shape index (κ1) is 18.5. The summed E-state index contributed by atoms with van der Waals surface area (Å²) < 4.78 is 0. The lowest BCUT2D eigenvalue weighted by Crippen LogP contribution is -2.25. The van der Waals surface area contributed by atoms with E-state index in [4.69, 9.17) is 0 Å². The molecule has 1 aliphatic heterocycles.